The van der Waals surface area contributed by atoms with Crippen molar-refractivity contribution in [2.75, 3.05) is 6.54 Å². The highest BCUT2D eigenvalue weighted by Gasteiger charge is 2.40. The number of carbonyl (C=O) groups excluding carboxylic acids is 2. The van der Waals surface area contributed by atoms with Gasteiger partial charge in [-0.05, 0) is 31.1 Å². The molecule has 2 fully saturated rings. The zero-order valence-electron chi connectivity index (χ0n) is 11.9. The Morgan fingerprint density at radius 3 is 2.63 bits per heavy atom. The van der Waals surface area contributed by atoms with Gasteiger partial charge in [-0.2, -0.15) is 0 Å². The van der Waals surface area contributed by atoms with Crippen molar-refractivity contribution in [1.29, 1.82) is 0 Å². The van der Waals surface area contributed by atoms with Crippen molar-refractivity contribution in [3.8, 4) is 0 Å². The number of amides is 2. The minimum absolute atomic E-state index is 0.132. The molecule has 2 atom stereocenters. The van der Waals surface area contributed by atoms with Crippen LogP contribution in [0.4, 0.5) is 0 Å². The summed E-state index contributed by atoms with van der Waals surface area (Å²) in [7, 11) is 0. The number of rotatable bonds is 5. The fraction of sp³-hybridized carbons (Fsp3) is 0.867. The van der Waals surface area contributed by atoms with Crippen LogP contribution >= 0.6 is 0 Å². The number of primary amides is 1. The van der Waals surface area contributed by atoms with Gasteiger partial charge in [0.15, 0.2) is 0 Å². The van der Waals surface area contributed by atoms with E-state index in [0.717, 1.165) is 45.1 Å². The van der Waals surface area contributed by atoms with E-state index >= 15 is 0 Å². The molecule has 4 heteroatoms. The average Bonchev–Trinajstić information content (AvgIpc) is 2.72. The Balaban J connectivity index is 2.06. The lowest BCUT2D eigenvalue weighted by Gasteiger charge is -2.34. The Labute approximate surface area is 115 Å². The summed E-state index contributed by atoms with van der Waals surface area (Å²) in [6.45, 7) is 2.87. The molecule has 1 aliphatic carbocycles. The molecule has 0 aromatic carbocycles. The normalized spacial score (nSPS) is 26.7. The topological polar surface area (TPSA) is 63.4 Å². The van der Waals surface area contributed by atoms with Crippen LogP contribution in [0.25, 0.3) is 0 Å². The van der Waals surface area contributed by atoms with Gasteiger partial charge in [-0.3, -0.25) is 9.59 Å². The van der Waals surface area contributed by atoms with E-state index < -0.39 is 0 Å². The summed E-state index contributed by atoms with van der Waals surface area (Å²) in [6.07, 6.45) is 8.41. The molecule has 0 radical (unpaired) electrons. The summed E-state index contributed by atoms with van der Waals surface area (Å²) >= 11 is 0. The van der Waals surface area contributed by atoms with Crippen LogP contribution in [0.15, 0.2) is 0 Å². The van der Waals surface area contributed by atoms with Gasteiger partial charge in [0.2, 0.25) is 11.8 Å². The molecule has 2 unspecified atom stereocenters. The molecule has 1 aliphatic heterocycles. The van der Waals surface area contributed by atoms with E-state index in [9.17, 15) is 9.59 Å². The van der Waals surface area contributed by atoms with Gasteiger partial charge in [0.1, 0.15) is 6.04 Å². The van der Waals surface area contributed by atoms with E-state index in [4.69, 9.17) is 5.73 Å². The summed E-state index contributed by atoms with van der Waals surface area (Å²) in [5, 5.41) is 0. The molecule has 2 aliphatic rings. The van der Waals surface area contributed by atoms with Gasteiger partial charge >= 0.3 is 0 Å². The Bertz CT molecular complexity index is 337. The van der Waals surface area contributed by atoms with Gasteiger partial charge in [0.25, 0.3) is 0 Å². The van der Waals surface area contributed by atoms with Crippen LogP contribution in [0.5, 0.6) is 0 Å². The van der Waals surface area contributed by atoms with Crippen LogP contribution in [-0.4, -0.2) is 29.3 Å². The second kappa shape index (κ2) is 6.40. The minimum atomic E-state index is -0.352. The van der Waals surface area contributed by atoms with Crippen molar-refractivity contribution in [2.45, 2.75) is 64.3 Å². The molecule has 19 heavy (non-hydrogen) atoms. The smallest absolute Gasteiger partial charge is 0.240 e. The minimum Gasteiger partial charge on any atom is -0.368 e. The van der Waals surface area contributed by atoms with E-state index in [1.165, 1.54) is 6.42 Å². The number of nitrogens with zero attached hydrogens (tertiary/aromatic N) is 1. The first-order valence-electron chi connectivity index (χ1n) is 7.72. The highest BCUT2D eigenvalue weighted by atomic mass is 16.2. The number of nitrogens with two attached hydrogens (primary N) is 1. The van der Waals surface area contributed by atoms with Crippen LogP contribution in [0.1, 0.15) is 58.3 Å². The second-order valence-electron chi connectivity index (χ2n) is 6.15. The zero-order valence-corrected chi connectivity index (χ0v) is 11.9. The first-order valence-corrected chi connectivity index (χ1v) is 7.72. The van der Waals surface area contributed by atoms with Crippen LogP contribution < -0.4 is 5.73 Å². The second-order valence-corrected chi connectivity index (χ2v) is 6.15. The van der Waals surface area contributed by atoms with Gasteiger partial charge in [0.05, 0.1) is 0 Å². The van der Waals surface area contributed by atoms with Gasteiger partial charge in [-0.1, -0.05) is 32.6 Å². The predicted octanol–water partition coefficient (Wildman–Crippen LogP) is 2.07. The molecule has 2 rings (SSSR count). The molecule has 2 N–H and O–H groups in total. The van der Waals surface area contributed by atoms with E-state index in [1.807, 2.05) is 0 Å². The van der Waals surface area contributed by atoms with Gasteiger partial charge in [0, 0.05) is 13.0 Å². The van der Waals surface area contributed by atoms with E-state index in [0.29, 0.717) is 12.3 Å². The van der Waals surface area contributed by atoms with Crippen LogP contribution in [-0.2, 0) is 9.59 Å². The van der Waals surface area contributed by atoms with Crippen molar-refractivity contribution in [2.24, 2.45) is 17.6 Å². The Morgan fingerprint density at radius 1 is 1.37 bits per heavy atom. The van der Waals surface area contributed by atoms with Crippen molar-refractivity contribution >= 4 is 11.8 Å². The molecule has 2 amide bonds. The fourth-order valence-corrected chi connectivity index (χ4v) is 3.77. The maximum Gasteiger partial charge on any atom is 0.240 e. The number of hydrogen-bond donors (Lipinski definition) is 1. The zero-order chi connectivity index (χ0) is 13.8. The first-order chi connectivity index (χ1) is 9.13. The van der Waals surface area contributed by atoms with Crippen LogP contribution in [0.3, 0.4) is 0 Å². The van der Waals surface area contributed by atoms with E-state index in [2.05, 4.69) is 6.92 Å². The molecule has 1 saturated carbocycles. The predicted molar refractivity (Wildman–Crippen MR) is 74.3 cm³/mol. The lowest BCUT2D eigenvalue weighted by molar-refractivity contribution is -0.138. The number of carbonyl (C=O) groups is 2. The largest absolute Gasteiger partial charge is 0.368 e. The Morgan fingerprint density at radius 2 is 2.05 bits per heavy atom. The quantitative estimate of drug-likeness (QED) is 0.828. The summed E-state index contributed by atoms with van der Waals surface area (Å²) in [6, 6.07) is -0.352. The summed E-state index contributed by atoms with van der Waals surface area (Å²) in [5.41, 5.74) is 5.60. The molecule has 1 heterocycles. The summed E-state index contributed by atoms with van der Waals surface area (Å²) in [4.78, 5) is 25.8. The fourth-order valence-electron chi connectivity index (χ4n) is 3.77. The van der Waals surface area contributed by atoms with E-state index in [1.54, 1.807) is 4.90 Å². The molecular weight excluding hydrogens is 240 g/mol. The monoisotopic (exact) mass is 266 g/mol. The lowest BCUT2D eigenvalue weighted by Crippen LogP contribution is -2.50. The molecule has 0 spiro atoms. The first kappa shape index (κ1) is 14.4. The molecule has 108 valence electrons. The Kier molecular flexibility index (Phi) is 4.83. The molecular formula is C15H26N2O2. The summed E-state index contributed by atoms with van der Waals surface area (Å²) < 4.78 is 0. The highest BCUT2D eigenvalue weighted by molar-refractivity contribution is 5.88. The number of hydrogen-bond acceptors (Lipinski definition) is 2. The Hall–Kier alpha value is -1.06. The van der Waals surface area contributed by atoms with Crippen LogP contribution in [0.2, 0.25) is 0 Å². The molecule has 0 bridgehead atoms. The number of likely N-dealkylation sites (tertiary alicyclic amines) is 1. The van der Waals surface area contributed by atoms with Gasteiger partial charge < -0.3 is 10.6 Å². The third-order valence-electron chi connectivity index (χ3n) is 4.66. The van der Waals surface area contributed by atoms with Crippen molar-refractivity contribution in [3.63, 3.8) is 0 Å². The molecule has 0 aromatic rings. The summed E-state index contributed by atoms with van der Waals surface area (Å²) in [5.74, 6) is 0.531. The van der Waals surface area contributed by atoms with E-state index in [-0.39, 0.29) is 23.8 Å². The SMILES string of the molecule is CCCC1CC(=O)N(C(C(N)=O)C2CCCCC2)C1. The molecule has 0 aromatic heterocycles. The van der Waals surface area contributed by atoms with Gasteiger partial charge in [-0.25, -0.2) is 0 Å². The maximum atomic E-state index is 12.2. The van der Waals surface area contributed by atoms with Crippen LogP contribution in [0, 0.1) is 11.8 Å². The molecule has 1 saturated heterocycles. The van der Waals surface area contributed by atoms with Crippen molar-refractivity contribution in [3.05, 3.63) is 0 Å². The molecule has 4 nitrogen and oxygen atoms in total. The standard InChI is InChI=1S/C15H26N2O2/c1-2-6-11-9-13(18)17(10-11)14(15(16)19)12-7-4-3-5-8-12/h11-12,14H,2-10H2,1H3,(H2,16,19). The van der Waals surface area contributed by atoms with Gasteiger partial charge in [-0.15, -0.1) is 0 Å². The van der Waals surface area contributed by atoms with Crippen molar-refractivity contribution < 1.29 is 9.59 Å². The average molecular weight is 266 g/mol. The maximum absolute atomic E-state index is 12.2. The highest BCUT2D eigenvalue weighted by Crippen LogP contribution is 2.33. The third kappa shape index (κ3) is 3.28. The third-order valence-corrected chi connectivity index (χ3v) is 4.66. The lowest BCUT2D eigenvalue weighted by atomic mass is 9.83. The van der Waals surface area contributed by atoms with Crippen molar-refractivity contribution in [1.82, 2.24) is 4.90 Å².